The van der Waals surface area contributed by atoms with Crippen LogP contribution in [0.3, 0.4) is 0 Å². The fourth-order valence-electron chi connectivity index (χ4n) is 3.03. The molecule has 0 radical (unpaired) electrons. The van der Waals surface area contributed by atoms with Gasteiger partial charge in [-0.2, -0.15) is 0 Å². The van der Waals surface area contributed by atoms with Gasteiger partial charge in [0.25, 0.3) is 0 Å². The van der Waals surface area contributed by atoms with E-state index in [4.69, 9.17) is 9.47 Å². The monoisotopic (exact) mass is 366 g/mol. The van der Waals surface area contributed by atoms with Crippen molar-refractivity contribution in [2.75, 3.05) is 7.11 Å². The molecule has 0 aromatic heterocycles. The Morgan fingerprint density at radius 2 is 1.88 bits per heavy atom. The number of hydrogen-bond donors (Lipinski definition) is 1. The number of nitrogens with one attached hydrogen (secondary N) is 1. The molecule has 1 fully saturated rings. The largest absolute Gasteiger partial charge is 0.467 e. The molecule has 1 heterocycles. The molecule has 0 bridgehead atoms. The van der Waals surface area contributed by atoms with E-state index in [1.165, 1.54) is 12.0 Å². The minimum Gasteiger partial charge on any atom is -0.467 e. The Balaban J connectivity index is 3.01. The molecule has 1 saturated heterocycles. The molecule has 1 aliphatic rings. The SMILES string of the molecule is C=CC[C@H]1CC[C@@H](C(=O)OC)N1C(=O)[C@@H](CC=C)NC(=O)OC(C)(C)C. The molecule has 0 unspecified atom stereocenters. The van der Waals surface area contributed by atoms with Crippen molar-refractivity contribution in [2.45, 2.75) is 70.2 Å². The molecule has 0 aromatic carbocycles. The first-order valence-corrected chi connectivity index (χ1v) is 8.76. The van der Waals surface area contributed by atoms with Gasteiger partial charge in [-0.1, -0.05) is 12.2 Å². The number of carbonyl (C=O) groups is 3. The molecule has 7 heteroatoms. The van der Waals surface area contributed by atoms with Crippen molar-refractivity contribution < 1.29 is 23.9 Å². The van der Waals surface area contributed by atoms with Crippen LogP contribution < -0.4 is 5.32 Å². The summed E-state index contributed by atoms with van der Waals surface area (Å²) in [7, 11) is 1.30. The summed E-state index contributed by atoms with van der Waals surface area (Å²) >= 11 is 0. The summed E-state index contributed by atoms with van der Waals surface area (Å²) < 4.78 is 10.1. The first-order valence-electron chi connectivity index (χ1n) is 8.76. The van der Waals surface area contributed by atoms with Crippen LogP contribution in [0.5, 0.6) is 0 Å². The van der Waals surface area contributed by atoms with Gasteiger partial charge in [-0.05, 0) is 46.5 Å². The van der Waals surface area contributed by atoms with Gasteiger partial charge in [0, 0.05) is 6.04 Å². The quantitative estimate of drug-likeness (QED) is 0.553. The van der Waals surface area contributed by atoms with Crippen LogP contribution in [-0.4, -0.2) is 53.7 Å². The number of methoxy groups -OCH3 is 1. The molecule has 26 heavy (non-hydrogen) atoms. The zero-order valence-electron chi connectivity index (χ0n) is 16.1. The molecule has 1 rings (SSSR count). The minimum atomic E-state index is -0.861. The molecule has 0 aliphatic carbocycles. The average molecular weight is 366 g/mol. The van der Waals surface area contributed by atoms with Crippen molar-refractivity contribution in [1.29, 1.82) is 0 Å². The van der Waals surface area contributed by atoms with Gasteiger partial charge in [-0.25, -0.2) is 9.59 Å². The third-order valence-electron chi connectivity index (χ3n) is 4.06. The van der Waals surface area contributed by atoms with Gasteiger partial charge in [-0.3, -0.25) is 4.79 Å². The van der Waals surface area contributed by atoms with Crippen LogP contribution in [0.4, 0.5) is 4.79 Å². The van der Waals surface area contributed by atoms with Crippen molar-refractivity contribution in [1.82, 2.24) is 10.2 Å². The van der Waals surface area contributed by atoms with Gasteiger partial charge in [0.05, 0.1) is 7.11 Å². The maximum atomic E-state index is 13.1. The molecule has 0 aromatic rings. The van der Waals surface area contributed by atoms with Gasteiger partial charge in [0.2, 0.25) is 5.91 Å². The Morgan fingerprint density at radius 3 is 2.38 bits per heavy atom. The normalized spacial score (nSPS) is 20.8. The molecule has 146 valence electrons. The third kappa shape index (κ3) is 5.89. The fraction of sp³-hybridized carbons (Fsp3) is 0.632. The topological polar surface area (TPSA) is 84.9 Å². The number of hydrogen-bond acceptors (Lipinski definition) is 5. The van der Waals surface area contributed by atoms with E-state index < -0.39 is 29.7 Å². The minimum absolute atomic E-state index is 0.156. The van der Waals surface area contributed by atoms with E-state index in [1.807, 2.05) is 0 Å². The van der Waals surface area contributed by atoms with Crippen LogP contribution in [0.1, 0.15) is 46.5 Å². The van der Waals surface area contributed by atoms with Gasteiger partial charge in [-0.15, -0.1) is 13.2 Å². The zero-order chi connectivity index (χ0) is 19.9. The second kappa shape index (κ2) is 9.40. The molecule has 0 saturated carbocycles. The molecule has 1 N–H and O–H groups in total. The first-order chi connectivity index (χ1) is 12.1. The average Bonchev–Trinajstić information content (AvgIpc) is 2.95. The Bertz CT molecular complexity index is 553. The van der Waals surface area contributed by atoms with E-state index in [-0.39, 0.29) is 18.4 Å². The zero-order valence-corrected chi connectivity index (χ0v) is 16.1. The van der Waals surface area contributed by atoms with Crippen LogP contribution in [0.25, 0.3) is 0 Å². The maximum absolute atomic E-state index is 13.1. The molecule has 7 nitrogen and oxygen atoms in total. The smallest absolute Gasteiger partial charge is 0.408 e. The summed E-state index contributed by atoms with van der Waals surface area (Å²) in [4.78, 5) is 38.8. The molecule has 3 atom stereocenters. The number of likely N-dealkylation sites (tertiary alicyclic amines) is 1. The van der Waals surface area contributed by atoms with E-state index >= 15 is 0 Å². The number of rotatable bonds is 7. The lowest BCUT2D eigenvalue weighted by atomic mass is 10.1. The standard InChI is InChI=1S/C19H30N2O5/c1-7-9-13-11-12-15(17(23)25-6)21(13)16(22)14(10-8-2)20-18(24)26-19(3,4)5/h7-8,13-15H,1-2,9-12H2,3-6H3,(H,20,24)/t13-,14+,15-/m0/s1. The molecule has 0 spiro atoms. The highest BCUT2D eigenvalue weighted by Crippen LogP contribution is 2.28. The summed E-state index contributed by atoms with van der Waals surface area (Å²) in [5.74, 6) is -0.810. The van der Waals surface area contributed by atoms with Gasteiger partial charge in [0.15, 0.2) is 0 Å². The number of nitrogens with zero attached hydrogens (tertiary/aromatic N) is 1. The fourth-order valence-corrected chi connectivity index (χ4v) is 3.03. The van der Waals surface area contributed by atoms with Crippen LogP contribution >= 0.6 is 0 Å². The van der Waals surface area contributed by atoms with Gasteiger partial charge < -0.3 is 19.7 Å². The van der Waals surface area contributed by atoms with Gasteiger partial charge >= 0.3 is 12.1 Å². The van der Waals surface area contributed by atoms with Crippen LogP contribution in [-0.2, 0) is 19.1 Å². The van der Waals surface area contributed by atoms with Crippen molar-refractivity contribution >= 4 is 18.0 Å². The van der Waals surface area contributed by atoms with Crippen LogP contribution in [0, 0.1) is 0 Å². The van der Waals surface area contributed by atoms with Crippen LogP contribution in [0.15, 0.2) is 25.3 Å². The third-order valence-corrected chi connectivity index (χ3v) is 4.06. The summed E-state index contributed by atoms with van der Waals surface area (Å²) in [6.07, 6.45) is 4.55. The lowest BCUT2D eigenvalue weighted by Gasteiger charge is -2.32. The molecular formula is C19H30N2O5. The number of ether oxygens (including phenoxy) is 2. The van der Waals surface area contributed by atoms with E-state index in [0.717, 1.165) is 0 Å². The van der Waals surface area contributed by atoms with Crippen molar-refractivity contribution in [3.63, 3.8) is 0 Å². The number of amides is 2. The predicted molar refractivity (Wildman–Crippen MR) is 98.5 cm³/mol. The summed E-state index contributed by atoms with van der Waals surface area (Å²) in [6, 6.07) is -1.68. The number of alkyl carbamates (subject to hydrolysis) is 1. The van der Waals surface area contributed by atoms with Crippen molar-refractivity contribution in [3.8, 4) is 0 Å². The second-order valence-electron chi connectivity index (χ2n) is 7.26. The second-order valence-corrected chi connectivity index (χ2v) is 7.26. The van der Waals surface area contributed by atoms with E-state index in [2.05, 4.69) is 18.5 Å². The highest BCUT2D eigenvalue weighted by Gasteiger charge is 2.43. The highest BCUT2D eigenvalue weighted by molar-refractivity contribution is 5.90. The van der Waals surface area contributed by atoms with Crippen LogP contribution in [0.2, 0.25) is 0 Å². The Kier molecular flexibility index (Phi) is 7.86. The van der Waals surface area contributed by atoms with E-state index in [1.54, 1.807) is 32.9 Å². The number of carbonyl (C=O) groups excluding carboxylic acids is 3. The lowest BCUT2D eigenvalue weighted by Crippen LogP contribution is -2.54. The van der Waals surface area contributed by atoms with Gasteiger partial charge in [0.1, 0.15) is 17.7 Å². The van der Waals surface area contributed by atoms with Crippen molar-refractivity contribution in [3.05, 3.63) is 25.3 Å². The first kappa shape index (κ1) is 21.7. The predicted octanol–water partition coefficient (Wildman–Crippen LogP) is 2.56. The lowest BCUT2D eigenvalue weighted by molar-refractivity contribution is -0.153. The Hall–Kier alpha value is -2.31. The summed E-state index contributed by atoms with van der Waals surface area (Å²) in [5, 5.41) is 2.59. The molecule has 2 amide bonds. The molecule has 1 aliphatic heterocycles. The van der Waals surface area contributed by atoms with E-state index in [0.29, 0.717) is 19.3 Å². The van der Waals surface area contributed by atoms with E-state index in [9.17, 15) is 14.4 Å². The summed E-state index contributed by atoms with van der Waals surface area (Å²) in [5.41, 5.74) is -0.681. The molecular weight excluding hydrogens is 336 g/mol. The van der Waals surface area contributed by atoms with Crippen molar-refractivity contribution in [2.24, 2.45) is 0 Å². The highest BCUT2D eigenvalue weighted by atomic mass is 16.6. The Morgan fingerprint density at radius 1 is 1.23 bits per heavy atom. The number of esters is 1. The summed E-state index contributed by atoms with van der Waals surface area (Å²) in [6.45, 7) is 12.6. The Labute approximate surface area is 155 Å². The maximum Gasteiger partial charge on any atom is 0.408 e.